The molecular formula is C7H5BrN2OS. The summed E-state index contributed by atoms with van der Waals surface area (Å²) in [5.74, 6) is 0.874. The molecule has 0 aromatic carbocycles. The van der Waals surface area contributed by atoms with E-state index in [9.17, 15) is 0 Å². The summed E-state index contributed by atoms with van der Waals surface area (Å²) in [5, 5.41) is 8.72. The van der Waals surface area contributed by atoms with Crippen molar-refractivity contribution in [2.24, 2.45) is 0 Å². The summed E-state index contributed by atoms with van der Waals surface area (Å²) in [4.78, 5) is 0. The molecule has 0 amide bonds. The Morgan fingerprint density at radius 1 is 1.50 bits per heavy atom. The Hall–Kier alpha value is -0.680. The molecule has 0 aliphatic heterocycles. The van der Waals surface area contributed by atoms with Crippen LogP contribution in [0.5, 0.6) is 0 Å². The van der Waals surface area contributed by atoms with Gasteiger partial charge in [0.2, 0.25) is 0 Å². The molecule has 0 radical (unpaired) electrons. The van der Waals surface area contributed by atoms with E-state index < -0.39 is 0 Å². The van der Waals surface area contributed by atoms with Crippen LogP contribution < -0.4 is 0 Å². The molecule has 0 spiro atoms. The standard InChI is InChI=1S/C7H5BrN2OS/c1-4-5(2-3-11-4)6-9-10-7(8)12-6/h2-3H,1H3. The number of hydrogen-bond donors (Lipinski definition) is 0. The van der Waals surface area contributed by atoms with Gasteiger partial charge in [-0.05, 0) is 28.9 Å². The average molecular weight is 245 g/mol. The molecule has 0 saturated heterocycles. The highest BCUT2D eigenvalue weighted by molar-refractivity contribution is 9.11. The van der Waals surface area contributed by atoms with E-state index in [4.69, 9.17) is 4.42 Å². The molecule has 0 saturated carbocycles. The molecule has 12 heavy (non-hydrogen) atoms. The molecule has 3 nitrogen and oxygen atoms in total. The number of nitrogens with zero attached hydrogens (tertiary/aromatic N) is 2. The van der Waals surface area contributed by atoms with Crippen molar-refractivity contribution < 1.29 is 4.42 Å². The highest BCUT2D eigenvalue weighted by Crippen LogP contribution is 2.29. The van der Waals surface area contributed by atoms with Crippen molar-refractivity contribution in [2.45, 2.75) is 6.92 Å². The van der Waals surface area contributed by atoms with Crippen molar-refractivity contribution in [3.63, 3.8) is 0 Å². The molecular weight excluding hydrogens is 240 g/mol. The predicted octanol–water partition coefficient (Wildman–Crippen LogP) is 2.87. The van der Waals surface area contributed by atoms with Gasteiger partial charge in [0, 0.05) is 0 Å². The lowest BCUT2D eigenvalue weighted by atomic mass is 10.3. The predicted molar refractivity (Wildman–Crippen MR) is 50.0 cm³/mol. The lowest BCUT2D eigenvalue weighted by Crippen LogP contribution is -1.75. The van der Waals surface area contributed by atoms with E-state index in [0.29, 0.717) is 0 Å². The van der Waals surface area contributed by atoms with Crippen LogP contribution in [-0.4, -0.2) is 10.2 Å². The minimum absolute atomic E-state index is 0.790. The Kier molecular flexibility index (Phi) is 1.98. The first kappa shape index (κ1) is 7.94. The van der Waals surface area contributed by atoms with Crippen LogP contribution in [0, 0.1) is 6.92 Å². The minimum atomic E-state index is 0.790. The Labute approximate surface area is 81.6 Å². The van der Waals surface area contributed by atoms with Crippen LogP contribution in [0.1, 0.15) is 5.76 Å². The monoisotopic (exact) mass is 244 g/mol. The smallest absolute Gasteiger partial charge is 0.183 e. The van der Waals surface area contributed by atoms with Gasteiger partial charge in [0.25, 0.3) is 0 Å². The van der Waals surface area contributed by atoms with Crippen LogP contribution in [-0.2, 0) is 0 Å². The van der Waals surface area contributed by atoms with Gasteiger partial charge < -0.3 is 4.42 Å². The molecule has 0 bridgehead atoms. The van der Waals surface area contributed by atoms with E-state index in [1.807, 2.05) is 13.0 Å². The second kappa shape index (κ2) is 2.99. The maximum Gasteiger partial charge on any atom is 0.183 e. The van der Waals surface area contributed by atoms with Crippen molar-refractivity contribution >= 4 is 27.3 Å². The lowest BCUT2D eigenvalue weighted by molar-refractivity contribution is 0.535. The van der Waals surface area contributed by atoms with Gasteiger partial charge in [-0.1, -0.05) is 11.3 Å². The first-order chi connectivity index (χ1) is 5.77. The normalized spacial score (nSPS) is 10.5. The van der Waals surface area contributed by atoms with Gasteiger partial charge in [-0.3, -0.25) is 0 Å². The fourth-order valence-electron chi connectivity index (χ4n) is 0.921. The van der Waals surface area contributed by atoms with E-state index in [2.05, 4.69) is 26.1 Å². The van der Waals surface area contributed by atoms with Crippen LogP contribution >= 0.6 is 27.3 Å². The Balaban J connectivity index is 2.50. The zero-order valence-corrected chi connectivity index (χ0v) is 8.65. The molecule has 2 aromatic rings. The number of hydrogen-bond acceptors (Lipinski definition) is 4. The molecule has 0 aliphatic carbocycles. The number of halogens is 1. The first-order valence-corrected chi connectivity index (χ1v) is 4.92. The first-order valence-electron chi connectivity index (χ1n) is 3.31. The van der Waals surface area contributed by atoms with E-state index in [1.54, 1.807) is 6.26 Å². The quantitative estimate of drug-likeness (QED) is 0.775. The van der Waals surface area contributed by atoms with Gasteiger partial charge in [-0.2, -0.15) is 0 Å². The Morgan fingerprint density at radius 2 is 2.33 bits per heavy atom. The summed E-state index contributed by atoms with van der Waals surface area (Å²) < 4.78 is 5.94. The summed E-state index contributed by atoms with van der Waals surface area (Å²) in [6.45, 7) is 1.91. The van der Waals surface area contributed by atoms with Crippen molar-refractivity contribution in [1.82, 2.24) is 10.2 Å². The molecule has 2 rings (SSSR count). The maximum atomic E-state index is 5.15. The SMILES string of the molecule is Cc1occc1-c1nnc(Br)s1. The van der Waals surface area contributed by atoms with Crippen molar-refractivity contribution in [3.8, 4) is 10.6 Å². The molecule has 62 valence electrons. The number of rotatable bonds is 1. The summed E-state index contributed by atoms with van der Waals surface area (Å²) >= 11 is 4.75. The Bertz CT molecular complexity index is 396. The van der Waals surface area contributed by atoms with E-state index in [-0.39, 0.29) is 0 Å². The summed E-state index contributed by atoms with van der Waals surface area (Å²) in [7, 11) is 0. The van der Waals surface area contributed by atoms with Crippen molar-refractivity contribution in [1.29, 1.82) is 0 Å². The highest BCUT2D eigenvalue weighted by atomic mass is 79.9. The maximum absolute atomic E-state index is 5.15. The fraction of sp³-hybridized carbons (Fsp3) is 0.143. The molecule has 0 atom stereocenters. The Morgan fingerprint density at radius 3 is 2.83 bits per heavy atom. The fourth-order valence-corrected chi connectivity index (χ4v) is 2.10. The molecule has 0 N–H and O–H groups in total. The zero-order valence-electron chi connectivity index (χ0n) is 6.24. The van der Waals surface area contributed by atoms with Crippen LogP contribution in [0.2, 0.25) is 0 Å². The van der Waals surface area contributed by atoms with Gasteiger partial charge >= 0.3 is 0 Å². The third-order valence-electron chi connectivity index (χ3n) is 1.49. The van der Waals surface area contributed by atoms with E-state index in [1.165, 1.54) is 11.3 Å². The molecule has 2 aromatic heterocycles. The summed E-state index contributed by atoms with van der Waals surface area (Å²) in [6, 6.07) is 1.89. The molecule has 0 aliphatic rings. The van der Waals surface area contributed by atoms with E-state index in [0.717, 1.165) is 20.2 Å². The third-order valence-corrected chi connectivity index (χ3v) is 2.88. The second-order valence-corrected chi connectivity index (χ2v) is 4.50. The van der Waals surface area contributed by atoms with Gasteiger partial charge in [-0.15, -0.1) is 10.2 Å². The molecule has 0 unspecified atom stereocenters. The topological polar surface area (TPSA) is 38.9 Å². The van der Waals surface area contributed by atoms with Gasteiger partial charge in [0.05, 0.1) is 11.8 Å². The third kappa shape index (κ3) is 1.30. The average Bonchev–Trinajstić information content (AvgIpc) is 2.58. The number of furan rings is 1. The number of aromatic nitrogens is 2. The highest BCUT2D eigenvalue weighted by Gasteiger charge is 2.09. The minimum Gasteiger partial charge on any atom is -0.469 e. The van der Waals surface area contributed by atoms with Gasteiger partial charge in [0.1, 0.15) is 5.76 Å². The summed E-state index contributed by atoms with van der Waals surface area (Å²) in [5.41, 5.74) is 1.01. The zero-order chi connectivity index (χ0) is 8.55. The van der Waals surface area contributed by atoms with Gasteiger partial charge in [0.15, 0.2) is 8.92 Å². The number of aryl methyl sites for hydroxylation is 1. The van der Waals surface area contributed by atoms with Gasteiger partial charge in [-0.25, -0.2) is 0 Å². The van der Waals surface area contributed by atoms with Crippen molar-refractivity contribution in [3.05, 3.63) is 22.0 Å². The van der Waals surface area contributed by atoms with Crippen LogP contribution in [0.3, 0.4) is 0 Å². The van der Waals surface area contributed by atoms with Crippen molar-refractivity contribution in [2.75, 3.05) is 0 Å². The molecule has 5 heteroatoms. The second-order valence-electron chi connectivity index (χ2n) is 2.25. The summed E-state index contributed by atoms with van der Waals surface area (Å²) in [6.07, 6.45) is 1.65. The van der Waals surface area contributed by atoms with E-state index >= 15 is 0 Å². The lowest BCUT2D eigenvalue weighted by Gasteiger charge is -1.87. The largest absolute Gasteiger partial charge is 0.469 e. The van der Waals surface area contributed by atoms with Crippen LogP contribution in [0.25, 0.3) is 10.6 Å². The molecule has 0 fully saturated rings. The van der Waals surface area contributed by atoms with Crippen LogP contribution in [0.4, 0.5) is 0 Å². The molecule has 2 heterocycles. The van der Waals surface area contributed by atoms with Crippen LogP contribution in [0.15, 0.2) is 20.7 Å².